The summed E-state index contributed by atoms with van der Waals surface area (Å²) in [7, 11) is 0. The minimum Gasteiger partial charge on any atom is -0.342 e. The van der Waals surface area contributed by atoms with E-state index in [4.69, 9.17) is 4.98 Å². The molecule has 4 rings (SSSR count). The highest BCUT2D eigenvalue weighted by Gasteiger charge is 2.24. The van der Waals surface area contributed by atoms with E-state index in [2.05, 4.69) is 45.1 Å². The van der Waals surface area contributed by atoms with Gasteiger partial charge in [-0.1, -0.05) is 12.1 Å². The lowest BCUT2D eigenvalue weighted by molar-refractivity contribution is 0.190. The molecule has 3 heterocycles. The number of rotatable bonds is 4. The molecule has 1 atom stereocenters. The van der Waals surface area contributed by atoms with Gasteiger partial charge in [-0.2, -0.15) is 5.10 Å². The van der Waals surface area contributed by atoms with Crippen molar-refractivity contribution in [2.75, 3.05) is 13.1 Å². The van der Waals surface area contributed by atoms with Gasteiger partial charge in [-0.15, -0.1) is 0 Å². The predicted octanol–water partition coefficient (Wildman–Crippen LogP) is 2.55. The lowest BCUT2D eigenvalue weighted by Crippen LogP contribution is -2.35. The van der Waals surface area contributed by atoms with Crippen LogP contribution in [0.15, 0.2) is 30.6 Å². The molecule has 3 aromatic rings. The number of imidazole rings is 1. The summed E-state index contributed by atoms with van der Waals surface area (Å²) in [6.07, 6.45) is 4.04. The third kappa shape index (κ3) is 2.86. The number of fused-ring (bicyclic) bond motifs is 1. The minimum atomic E-state index is 0.467. The molecule has 0 radical (unpaired) electrons. The largest absolute Gasteiger partial charge is 0.342 e. The van der Waals surface area contributed by atoms with E-state index in [1.54, 1.807) is 6.33 Å². The maximum atomic E-state index is 4.79. The van der Waals surface area contributed by atoms with Gasteiger partial charge in [0.05, 0.1) is 17.6 Å². The summed E-state index contributed by atoms with van der Waals surface area (Å²) in [5.74, 6) is 2.64. The number of aromatic nitrogens is 5. The Morgan fingerprint density at radius 2 is 2.22 bits per heavy atom. The second kappa shape index (κ2) is 6.12. The third-order valence-corrected chi connectivity index (χ3v) is 4.66. The second-order valence-electron chi connectivity index (χ2n) is 6.21. The monoisotopic (exact) mass is 310 g/mol. The molecule has 1 N–H and O–H groups in total. The molecular weight excluding hydrogens is 288 g/mol. The topological polar surface area (TPSA) is 62.6 Å². The van der Waals surface area contributed by atoms with Crippen LogP contribution in [0.3, 0.4) is 0 Å². The van der Waals surface area contributed by atoms with Crippen molar-refractivity contribution in [3.05, 3.63) is 42.2 Å². The Bertz CT molecular complexity index is 756. The summed E-state index contributed by atoms with van der Waals surface area (Å²) in [6, 6.07) is 8.25. The number of benzene rings is 1. The zero-order valence-corrected chi connectivity index (χ0v) is 13.4. The molecule has 6 nitrogen and oxygen atoms in total. The van der Waals surface area contributed by atoms with Crippen LogP contribution in [0.5, 0.6) is 0 Å². The van der Waals surface area contributed by atoms with Gasteiger partial charge in [-0.25, -0.2) is 14.6 Å². The number of nitrogens with zero attached hydrogens (tertiary/aromatic N) is 5. The van der Waals surface area contributed by atoms with Crippen molar-refractivity contribution in [2.45, 2.75) is 38.8 Å². The van der Waals surface area contributed by atoms with Crippen LogP contribution in [0.2, 0.25) is 0 Å². The second-order valence-corrected chi connectivity index (χ2v) is 6.21. The van der Waals surface area contributed by atoms with Gasteiger partial charge in [0.2, 0.25) is 0 Å². The highest BCUT2D eigenvalue weighted by atomic mass is 15.3. The highest BCUT2D eigenvalue weighted by Crippen LogP contribution is 2.27. The first-order chi connectivity index (χ1) is 11.3. The molecule has 120 valence electrons. The molecule has 1 aliphatic rings. The van der Waals surface area contributed by atoms with Crippen molar-refractivity contribution in [2.24, 2.45) is 0 Å². The fraction of sp³-hybridized carbons (Fsp3) is 0.471. The molecule has 0 amide bonds. The molecule has 1 saturated heterocycles. The molecule has 23 heavy (non-hydrogen) atoms. The highest BCUT2D eigenvalue weighted by molar-refractivity contribution is 5.74. The Kier molecular flexibility index (Phi) is 3.83. The predicted molar refractivity (Wildman–Crippen MR) is 89.0 cm³/mol. The van der Waals surface area contributed by atoms with Gasteiger partial charge in [-0.3, -0.25) is 4.90 Å². The number of hydrogen-bond donors (Lipinski definition) is 1. The summed E-state index contributed by atoms with van der Waals surface area (Å²) in [6.45, 7) is 5.98. The molecule has 1 fully saturated rings. The SMILES string of the molecule is CCn1ncnc1CN1CCC[C@H](c2nc3ccccc3[nH]2)C1. The maximum absolute atomic E-state index is 4.79. The van der Waals surface area contributed by atoms with Crippen LogP contribution in [0.25, 0.3) is 11.0 Å². The van der Waals surface area contributed by atoms with Gasteiger partial charge in [-0.05, 0) is 38.4 Å². The number of likely N-dealkylation sites (tertiary alicyclic amines) is 1. The Hall–Kier alpha value is -2.21. The summed E-state index contributed by atoms with van der Waals surface area (Å²) in [5.41, 5.74) is 2.19. The Morgan fingerprint density at radius 1 is 1.30 bits per heavy atom. The van der Waals surface area contributed by atoms with Crippen LogP contribution in [-0.2, 0) is 13.1 Å². The first kappa shape index (κ1) is 14.4. The molecular formula is C17H22N6. The van der Waals surface area contributed by atoms with Gasteiger partial charge in [0, 0.05) is 19.0 Å². The molecule has 1 aromatic carbocycles. The maximum Gasteiger partial charge on any atom is 0.140 e. The van der Waals surface area contributed by atoms with Crippen LogP contribution < -0.4 is 0 Å². The van der Waals surface area contributed by atoms with Gasteiger partial charge in [0.25, 0.3) is 0 Å². The molecule has 6 heteroatoms. The number of piperidine rings is 1. The number of aryl methyl sites for hydroxylation is 1. The van der Waals surface area contributed by atoms with E-state index in [1.165, 1.54) is 12.8 Å². The molecule has 0 aliphatic carbocycles. The van der Waals surface area contributed by atoms with E-state index in [0.717, 1.165) is 48.9 Å². The number of aromatic amines is 1. The van der Waals surface area contributed by atoms with Gasteiger partial charge >= 0.3 is 0 Å². The van der Waals surface area contributed by atoms with Crippen molar-refractivity contribution >= 4 is 11.0 Å². The lowest BCUT2D eigenvalue weighted by atomic mass is 9.97. The van der Waals surface area contributed by atoms with Crippen molar-refractivity contribution in [3.63, 3.8) is 0 Å². The Labute approximate surface area is 135 Å². The van der Waals surface area contributed by atoms with Gasteiger partial charge < -0.3 is 4.98 Å². The van der Waals surface area contributed by atoms with E-state index in [9.17, 15) is 0 Å². The minimum absolute atomic E-state index is 0.467. The van der Waals surface area contributed by atoms with E-state index >= 15 is 0 Å². The summed E-state index contributed by atoms with van der Waals surface area (Å²) < 4.78 is 1.98. The number of hydrogen-bond acceptors (Lipinski definition) is 4. The van der Waals surface area contributed by atoms with Crippen molar-refractivity contribution in [1.82, 2.24) is 29.6 Å². The average Bonchev–Trinajstić information content (AvgIpc) is 3.21. The molecule has 0 saturated carbocycles. The zero-order valence-electron chi connectivity index (χ0n) is 13.4. The van der Waals surface area contributed by atoms with Crippen LogP contribution in [0, 0.1) is 0 Å². The van der Waals surface area contributed by atoms with E-state index in [1.807, 2.05) is 10.7 Å². The lowest BCUT2D eigenvalue weighted by Gasteiger charge is -2.31. The average molecular weight is 310 g/mol. The van der Waals surface area contributed by atoms with Crippen molar-refractivity contribution in [1.29, 1.82) is 0 Å². The smallest absolute Gasteiger partial charge is 0.140 e. The van der Waals surface area contributed by atoms with Crippen LogP contribution in [0.1, 0.15) is 37.3 Å². The van der Waals surface area contributed by atoms with E-state index in [-0.39, 0.29) is 0 Å². The zero-order chi connectivity index (χ0) is 15.6. The number of para-hydroxylation sites is 2. The third-order valence-electron chi connectivity index (χ3n) is 4.66. The fourth-order valence-corrected chi connectivity index (χ4v) is 3.46. The quantitative estimate of drug-likeness (QED) is 0.804. The van der Waals surface area contributed by atoms with Crippen LogP contribution in [0.4, 0.5) is 0 Å². The van der Waals surface area contributed by atoms with Crippen molar-refractivity contribution in [3.8, 4) is 0 Å². The summed E-state index contributed by atoms with van der Waals surface area (Å²) in [4.78, 5) is 15.2. The van der Waals surface area contributed by atoms with Crippen LogP contribution in [-0.4, -0.2) is 42.7 Å². The number of nitrogens with one attached hydrogen (secondary N) is 1. The molecule has 1 aliphatic heterocycles. The van der Waals surface area contributed by atoms with E-state index in [0.29, 0.717) is 5.92 Å². The molecule has 0 spiro atoms. The molecule has 0 bridgehead atoms. The van der Waals surface area contributed by atoms with Gasteiger partial charge in [0.15, 0.2) is 0 Å². The first-order valence-corrected chi connectivity index (χ1v) is 8.37. The standard InChI is InChI=1S/C17H22N6/c1-2-23-16(18-12-19-23)11-22-9-5-6-13(10-22)17-20-14-7-3-4-8-15(14)21-17/h3-4,7-8,12-13H,2,5-6,9-11H2,1H3,(H,20,21)/t13-/m0/s1. The van der Waals surface area contributed by atoms with Crippen molar-refractivity contribution < 1.29 is 0 Å². The molecule has 0 unspecified atom stereocenters. The normalized spacial score (nSPS) is 19.4. The number of H-pyrrole nitrogens is 1. The van der Waals surface area contributed by atoms with Gasteiger partial charge in [0.1, 0.15) is 18.0 Å². The Morgan fingerprint density at radius 3 is 3.09 bits per heavy atom. The fourth-order valence-electron chi connectivity index (χ4n) is 3.46. The first-order valence-electron chi connectivity index (χ1n) is 8.37. The summed E-state index contributed by atoms with van der Waals surface area (Å²) in [5, 5.41) is 4.27. The van der Waals surface area contributed by atoms with Crippen LogP contribution >= 0.6 is 0 Å². The Balaban J connectivity index is 1.50. The van der Waals surface area contributed by atoms with E-state index < -0.39 is 0 Å². The summed E-state index contributed by atoms with van der Waals surface area (Å²) >= 11 is 0. The molecule has 2 aromatic heterocycles.